The lowest BCUT2D eigenvalue weighted by Gasteiger charge is -2.30. The van der Waals surface area contributed by atoms with Crippen LogP contribution in [-0.2, 0) is 27.0 Å². The minimum absolute atomic E-state index is 0.0855. The number of nitrogens with zero attached hydrogens (tertiary/aromatic N) is 1. The summed E-state index contributed by atoms with van der Waals surface area (Å²) in [6, 6.07) is 19.7. The first-order valence-electron chi connectivity index (χ1n) is 13.3. The second-order valence-electron chi connectivity index (χ2n) is 9.79. The summed E-state index contributed by atoms with van der Waals surface area (Å²) in [5, 5.41) is 5.81. The smallest absolute Gasteiger partial charge is 0.253 e. The van der Waals surface area contributed by atoms with E-state index in [0.717, 1.165) is 10.0 Å². The van der Waals surface area contributed by atoms with Crippen LogP contribution in [0.4, 0.5) is 5.69 Å². The molecular weight excluding hydrogens is 610 g/mol. The molecule has 41 heavy (non-hydrogen) atoms. The van der Waals surface area contributed by atoms with E-state index in [1.807, 2.05) is 30.3 Å². The monoisotopic (exact) mass is 643 g/mol. The number of sulfonamides is 1. The standard InChI is InChI=1S/C30H34BrN3O6S/c1-39-27-11-10-21(19-28(27)40-2)12-15-32-30(36)25-8-3-4-9-26(25)33-29(35)23-13-16-34(17-14-23)41(37,38)20-22-6-5-7-24(31)18-22/h3-11,18-19,23H,12-17,20H2,1-2H3,(H,32,36)(H,33,35). The zero-order valence-electron chi connectivity index (χ0n) is 23.1. The van der Waals surface area contributed by atoms with Crippen molar-refractivity contribution in [3.05, 3.63) is 87.9 Å². The summed E-state index contributed by atoms with van der Waals surface area (Å²) in [5.74, 6) is 0.302. The van der Waals surface area contributed by atoms with Gasteiger partial charge in [-0.25, -0.2) is 12.7 Å². The van der Waals surface area contributed by atoms with Crippen molar-refractivity contribution < 1.29 is 27.5 Å². The molecule has 1 saturated heterocycles. The number of methoxy groups -OCH3 is 2. The second kappa shape index (κ2) is 14.0. The Hall–Kier alpha value is -3.41. The van der Waals surface area contributed by atoms with E-state index in [-0.39, 0.29) is 36.6 Å². The van der Waals surface area contributed by atoms with Gasteiger partial charge in [0.05, 0.1) is 31.2 Å². The zero-order chi connectivity index (χ0) is 29.4. The Balaban J connectivity index is 1.30. The van der Waals surface area contributed by atoms with E-state index in [9.17, 15) is 18.0 Å². The number of hydrogen-bond acceptors (Lipinski definition) is 6. The lowest BCUT2D eigenvalue weighted by molar-refractivity contribution is -0.120. The molecular formula is C30H34BrN3O6S. The van der Waals surface area contributed by atoms with E-state index in [1.54, 1.807) is 50.6 Å². The number of piperidine rings is 1. The fourth-order valence-electron chi connectivity index (χ4n) is 4.80. The van der Waals surface area contributed by atoms with Gasteiger partial charge in [-0.3, -0.25) is 9.59 Å². The third kappa shape index (κ3) is 8.08. The third-order valence-corrected chi connectivity index (χ3v) is 9.38. The molecule has 3 aromatic carbocycles. The first-order valence-corrected chi connectivity index (χ1v) is 15.7. The molecule has 0 radical (unpaired) electrons. The number of ether oxygens (including phenoxy) is 2. The lowest BCUT2D eigenvalue weighted by atomic mass is 9.97. The molecule has 0 spiro atoms. The Labute approximate surface area is 249 Å². The molecule has 3 aromatic rings. The van der Waals surface area contributed by atoms with Crippen molar-refractivity contribution in [1.82, 2.24) is 9.62 Å². The first kappa shape index (κ1) is 30.5. The Morgan fingerprint density at radius 1 is 0.927 bits per heavy atom. The molecule has 11 heteroatoms. The fraction of sp³-hybridized carbons (Fsp3) is 0.333. The van der Waals surface area contributed by atoms with E-state index in [1.165, 1.54) is 4.31 Å². The Kier molecular flexibility index (Phi) is 10.4. The predicted octanol–water partition coefficient (Wildman–Crippen LogP) is 4.62. The highest BCUT2D eigenvalue weighted by molar-refractivity contribution is 9.10. The van der Waals surface area contributed by atoms with Crippen LogP contribution in [0.1, 0.15) is 34.3 Å². The molecule has 1 aliphatic heterocycles. The van der Waals surface area contributed by atoms with Crippen LogP contribution in [0.15, 0.2) is 71.2 Å². The Bertz CT molecular complexity index is 1490. The second-order valence-corrected chi connectivity index (χ2v) is 12.7. The van der Waals surface area contributed by atoms with Gasteiger partial charge in [0.25, 0.3) is 5.91 Å². The van der Waals surface area contributed by atoms with Crippen LogP contribution in [0, 0.1) is 5.92 Å². The summed E-state index contributed by atoms with van der Waals surface area (Å²) in [6.45, 7) is 0.933. The van der Waals surface area contributed by atoms with Gasteiger partial charge in [0, 0.05) is 30.0 Å². The maximum absolute atomic E-state index is 13.1. The number of rotatable bonds is 11. The topological polar surface area (TPSA) is 114 Å². The number of hydrogen-bond donors (Lipinski definition) is 2. The molecule has 218 valence electrons. The number of halogens is 1. The number of benzene rings is 3. The van der Waals surface area contributed by atoms with Crippen molar-refractivity contribution in [3.8, 4) is 11.5 Å². The number of amides is 2. The van der Waals surface area contributed by atoms with Crippen molar-refractivity contribution in [2.75, 3.05) is 39.2 Å². The molecule has 1 aliphatic rings. The van der Waals surface area contributed by atoms with Crippen LogP contribution in [0.25, 0.3) is 0 Å². The van der Waals surface area contributed by atoms with Crippen molar-refractivity contribution >= 4 is 43.5 Å². The van der Waals surface area contributed by atoms with Crippen LogP contribution in [0.3, 0.4) is 0 Å². The number of anilines is 1. The Morgan fingerprint density at radius 2 is 1.66 bits per heavy atom. The van der Waals surface area contributed by atoms with Crippen molar-refractivity contribution in [1.29, 1.82) is 0 Å². The van der Waals surface area contributed by atoms with Gasteiger partial charge in [-0.2, -0.15) is 0 Å². The summed E-state index contributed by atoms with van der Waals surface area (Å²) in [4.78, 5) is 26.1. The van der Waals surface area contributed by atoms with E-state index in [0.29, 0.717) is 54.1 Å². The minimum atomic E-state index is -3.50. The molecule has 4 rings (SSSR count). The van der Waals surface area contributed by atoms with E-state index < -0.39 is 10.0 Å². The van der Waals surface area contributed by atoms with Gasteiger partial charge in [-0.05, 0) is 66.8 Å². The van der Waals surface area contributed by atoms with Crippen LogP contribution in [0.2, 0.25) is 0 Å². The average Bonchev–Trinajstić information content (AvgIpc) is 2.97. The molecule has 0 saturated carbocycles. The number of nitrogens with one attached hydrogen (secondary N) is 2. The van der Waals surface area contributed by atoms with Crippen LogP contribution in [-0.4, -0.2) is 58.4 Å². The number of carbonyl (C=O) groups excluding carboxylic acids is 2. The molecule has 0 atom stereocenters. The summed E-state index contributed by atoms with van der Waals surface area (Å²) < 4.78 is 38.8. The molecule has 0 aliphatic carbocycles. The highest BCUT2D eigenvalue weighted by atomic mass is 79.9. The van der Waals surface area contributed by atoms with E-state index in [2.05, 4.69) is 26.6 Å². The van der Waals surface area contributed by atoms with Crippen LogP contribution in [0.5, 0.6) is 11.5 Å². The molecule has 1 fully saturated rings. The molecule has 0 aromatic heterocycles. The summed E-state index contributed by atoms with van der Waals surface area (Å²) in [6.07, 6.45) is 1.40. The highest BCUT2D eigenvalue weighted by Crippen LogP contribution is 2.28. The van der Waals surface area contributed by atoms with E-state index >= 15 is 0 Å². The van der Waals surface area contributed by atoms with Gasteiger partial charge < -0.3 is 20.1 Å². The predicted molar refractivity (Wildman–Crippen MR) is 162 cm³/mol. The van der Waals surface area contributed by atoms with Crippen molar-refractivity contribution in [2.45, 2.75) is 25.0 Å². The molecule has 9 nitrogen and oxygen atoms in total. The van der Waals surface area contributed by atoms with Gasteiger partial charge >= 0.3 is 0 Å². The number of carbonyl (C=O) groups is 2. The fourth-order valence-corrected chi connectivity index (χ4v) is 6.80. The molecule has 0 unspecified atom stereocenters. The highest BCUT2D eigenvalue weighted by Gasteiger charge is 2.31. The van der Waals surface area contributed by atoms with Crippen molar-refractivity contribution in [2.24, 2.45) is 5.92 Å². The summed E-state index contributed by atoms with van der Waals surface area (Å²) in [5.41, 5.74) is 2.47. The van der Waals surface area contributed by atoms with Crippen molar-refractivity contribution in [3.63, 3.8) is 0 Å². The third-order valence-electron chi connectivity index (χ3n) is 7.03. The quantitative estimate of drug-likeness (QED) is 0.315. The molecule has 0 bridgehead atoms. The maximum atomic E-state index is 13.1. The molecule has 2 amide bonds. The zero-order valence-corrected chi connectivity index (χ0v) is 25.5. The average molecular weight is 645 g/mol. The normalized spacial score (nSPS) is 14.3. The molecule has 2 N–H and O–H groups in total. The molecule has 1 heterocycles. The van der Waals surface area contributed by atoms with E-state index in [4.69, 9.17) is 9.47 Å². The van der Waals surface area contributed by atoms with Crippen LogP contribution < -0.4 is 20.1 Å². The van der Waals surface area contributed by atoms with Gasteiger partial charge in [-0.1, -0.05) is 46.3 Å². The lowest BCUT2D eigenvalue weighted by Crippen LogP contribution is -2.42. The van der Waals surface area contributed by atoms with Crippen LogP contribution >= 0.6 is 15.9 Å². The first-order chi connectivity index (χ1) is 19.7. The van der Waals surface area contributed by atoms with Gasteiger partial charge in [0.1, 0.15) is 0 Å². The van der Waals surface area contributed by atoms with Gasteiger partial charge in [0.2, 0.25) is 15.9 Å². The summed E-state index contributed by atoms with van der Waals surface area (Å²) >= 11 is 3.38. The minimum Gasteiger partial charge on any atom is -0.493 e. The number of para-hydroxylation sites is 1. The Morgan fingerprint density at radius 3 is 2.37 bits per heavy atom. The largest absolute Gasteiger partial charge is 0.493 e. The summed E-state index contributed by atoms with van der Waals surface area (Å²) in [7, 11) is -0.349. The van der Waals surface area contributed by atoms with Gasteiger partial charge in [0.15, 0.2) is 11.5 Å². The van der Waals surface area contributed by atoms with Gasteiger partial charge in [-0.15, -0.1) is 0 Å². The SMILES string of the molecule is COc1ccc(CCNC(=O)c2ccccc2NC(=O)C2CCN(S(=O)(=O)Cc3cccc(Br)c3)CC2)cc1OC. The maximum Gasteiger partial charge on any atom is 0.253 e.